The Hall–Kier alpha value is -1.27. The van der Waals surface area contributed by atoms with E-state index in [9.17, 15) is 0 Å². The van der Waals surface area contributed by atoms with Gasteiger partial charge in [-0.2, -0.15) is 0 Å². The van der Waals surface area contributed by atoms with Crippen LogP contribution in [-0.4, -0.2) is 15.6 Å². The van der Waals surface area contributed by atoms with Gasteiger partial charge in [0.25, 0.3) is 0 Å². The van der Waals surface area contributed by atoms with Crippen LogP contribution in [0.4, 0.5) is 0 Å². The molecule has 0 aromatic carbocycles. The Bertz CT molecular complexity index is 354. The van der Waals surface area contributed by atoms with Crippen molar-refractivity contribution in [3.05, 3.63) is 17.7 Å². The lowest BCUT2D eigenvalue weighted by Gasteiger charge is -1.99. The zero-order valence-corrected chi connectivity index (χ0v) is 9.04. The molecule has 0 fully saturated rings. The predicted molar refractivity (Wildman–Crippen MR) is 57.7 cm³/mol. The Morgan fingerprint density at radius 3 is 2.86 bits per heavy atom. The third-order valence-corrected chi connectivity index (χ3v) is 2.21. The van der Waals surface area contributed by atoms with Crippen LogP contribution >= 0.6 is 0 Å². The molecule has 2 N–H and O–H groups in total. The van der Waals surface area contributed by atoms with E-state index >= 15 is 0 Å². The number of aromatic nitrogens is 2. The molecular formula is C11H17N3. The first-order valence-electron chi connectivity index (χ1n) is 4.90. The van der Waals surface area contributed by atoms with Gasteiger partial charge < -0.3 is 10.3 Å². The van der Waals surface area contributed by atoms with Crippen molar-refractivity contribution >= 4 is 0 Å². The fraction of sp³-hybridized carbons (Fsp3) is 0.545. The molecule has 1 atom stereocenters. The number of nitrogens with two attached hydrogens (primary N) is 1. The third-order valence-electron chi connectivity index (χ3n) is 2.21. The van der Waals surface area contributed by atoms with Gasteiger partial charge in [0.2, 0.25) is 0 Å². The van der Waals surface area contributed by atoms with E-state index in [0.717, 1.165) is 24.4 Å². The summed E-state index contributed by atoms with van der Waals surface area (Å²) in [4.78, 5) is 4.16. The third kappa shape index (κ3) is 2.61. The maximum absolute atomic E-state index is 5.79. The van der Waals surface area contributed by atoms with Crippen LogP contribution in [0.15, 0.2) is 6.20 Å². The van der Waals surface area contributed by atoms with Gasteiger partial charge in [0.1, 0.15) is 11.5 Å². The largest absolute Gasteiger partial charge is 0.325 e. The normalized spacial score (nSPS) is 12.0. The second-order valence-electron chi connectivity index (χ2n) is 3.41. The molecule has 0 spiro atoms. The molecule has 1 aromatic rings. The lowest BCUT2D eigenvalue weighted by Crippen LogP contribution is -2.16. The zero-order valence-electron chi connectivity index (χ0n) is 9.04. The highest BCUT2D eigenvalue weighted by molar-refractivity contribution is 5.29. The summed E-state index contributed by atoms with van der Waals surface area (Å²) in [6.07, 6.45) is 3.80. The fourth-order valence-corrected chi connectivity index (χ4v) is 1.17. The van der Waals surface area contributed by atoms with E-state index in [2.05, 4.69) is 23.7 Å². The highest BCUT2D eigenvalue weighted by Gasteiger charge is 1.99. The molecule has 0 aliphatic carbocycles. The summed E-state index contributed by atoms with van der Waals surface area (Å²) in [5.41, 5.74) is 6.71. The number of nitrogens with zero attached hydrogens (tertiary/aromatic N) is 2. The van der Waals surface area contributed by atoms with Crippen LogP contribution in [0.1, 0.15) is 31.3 Å². The van der Waals surface area contributed by atoms with E-state index in [-0.39, 0.29) is 6.04 Å². The Balaban J connectivity index is 2.72. The molecule has 1 rings (SSSR count). The molecule has 1 unspecified atom stereocenters. The van der Waals surface area contributed by atoms with E-state index in [4.69, 9.17) is 5.73 Å². The summed E-state index contributed by atoms with van der Waals surface area (Å²) >= 11 is 0. The van der Waals surface area contributed by atoms with Crippen LogP contribution < -0.4 is 5.73 Å². The monoisotopic (exact) mass is 191 g/mol. The molecule has 1 heterocycles. The Labute approximate surface area is 85.3 Å². The second-order valence-corrected chi connectivity index (χ2v) is 3.41. The summed E-state index contributed by atoms with van der Waals surface area (Å²) in [5.74, 6) is 7.04. The molecule has 0 saturated heterocycles. The molecule has 0 saturated carbocycles. The summed E-state index contributed by atoms with van der Waals surface area (Å²) in [6, 6.07) is -0.0183. The van der Waals surface area contributed by atoms with Crippen molar-refractivity contribution in [2.75, 3.05) is 0 Å². The van der Waals surface area contributed by atoms with Crippen LogP contribution in [0.2, 0.25) is 0 Å². The topological polar surface area (TPSA) is 43.8 Å². The van der Waals surface area contributed by atoms with Gasteiger partial charge in [0, 0.05) is 7.05 Å². The molecule has 0 bridgehead atoms. The number of hydrogen-bond donors (Lipinski definition) is 1. The lowest BCUT2D eigenvalue weighted by molar-refractivity contribution is 0.720. The summed E-state index contributed by atoms with van der Waals surface area (Å²) in [5, 5.41) is 0. The van der Waals surface area contributed by atoms with Crippen LogP contribution in [0, 0.1) is 18.8 Å². The summed E-state index contributed by atoms with van der Waals surface area (Å²) in [7, 11) is 1.96. The summed E-state index contributed by atoms with van der Waals surface area (Å²) in [6.45, 7) is 4.06. The van der Waals surface area contributed by atoms with Crippen molar-refractivity contribution < 1.29 is 0 Å². The Morgan fingerprint density at radius 1 is 1.64 bits per heavy atom. The number of rotatable bonds is 2. The van der Waals surface area contributed by atoms with Crippen LogP contribution in [0.25, 0.3) is 0 Å². The van der Waals surface area contributed by atoms with Crippen LogP contribution in [-0.2, 0) is 7.05 Å². The minimum Gasteiger partial charge on any atom is -0.325 e. The van der Waals surface area contributed by atoms with Crippen molar-refractivity contribution in [1.82, 2.24) is 9.55 Å². The Morgan fingerprint density at radius 2 is 2.36 bits per heavy atom. The molecular weight excluding hydrogens is 174 g/mol. The van der Waals surface area contributed by atoms with Crippen molar-refractivity contribution in [2.45, 2.75) is 32.7 Å². The van der Waals surface area contributed by atoms with E-state index in [1.807, 2.05) is 18.5 Å². The highest BCUT2D eigenvalue weighted by atomic mass is 15.0. The molecule has 0 aliphatic heterocycles. The van der Waals surface area contributed by atoms with Gasteiger partial charge in [-0.25, -0.2) is 4.98 Å². The molecule has 3 heteroatoms. The van der Waals surface area contributed by atoms with Crippen molar-refractivity contribution in [3.63, 3.8) is 0 Å². The lowest BCUT2D eigenvalue weighted by atomic mass is 10.2. The molecule has 14 heavy (non-hydrogen) atoms. The average Bonchev–Trinajstić information content (AvgIpc) is 2.46. The molecule has 0 amide bonds. The molecule has 0 radical (unpaired) electrons. The van der Waals surface area contributed by atoms with Gasteiger partial charge in [-0.15, -0.1) is 0 Å². The van der Waals surface area contributed by atoms with Crippen LogP contribution in [0.3, 0.4) is 0 Å². The van der Waals surface area contributed by atoms with Crippen molar-refractivity contribution in [3.8, 4) is 11.8 Å². The predicted octanol–water partition coefficient (Wildman–Crippen LogP) is 1.21. The minimum absolute atomic E-state index is 0.0183. The summed E-state index contributed by atoms with van der Waals surface area (Å²) < 4.78 is 1.96. The van der Waals surface area contributed by atoms with Gasteiger partial charge in [0.15, 0.2) is 0 Å². The molecule has 0 aliphatic rings. The SMILES string of the molecule is CCCC(N)C#Cc1cnc(C)n1C. The zero-order chi connectivity index (χ0) is 10.6. The van der Waals surface area contributed by atoms with Crippen LogP contribution in [0.5, 0.6) is 0 Å². The number of hydrogen-bond acceptors (Lipinski definition) is 2. The first-order chi connectivity index (χ1) is 6.65. The van der Waals surface area contributed by atoms with Gasteiger partial charge in [-0.3, -0.25) is 0 Å². The molecule has 1 aromatic heterocycles. The van der Waals surface area contributed by atoms with Gasteiger partial charge in [-0.1, -0.05) is 19.3 Å². The van der Waals surface area contributed by atoms with Gasteiger partial charge in [0.05, 0.1) is 12.2 Å². The van der Waals surface area contributed by atoms with Gasteiger partial charge in [-0.05, 0) is 19.3 Å². The van der Waals surface area contributed by atoms with E-state index in [1.165, 1.54) is 0 Å². The fourth-order valence-electron chi connectivity index (χ4n) is 1.17. The highest BCUT2D eigenvalue weighted by Crippen LogP contribution is 1.99. The molecule has 76 valence electrons. The number of aryl methyl sites for hydroxylation is 1. The van der Waals surface area contributed by atoms with E-state index in [1.54, 1.807) is 6.20 Å². The first-order valence-corrected chi connectivity index (χ1v) is 4.90. The smallest absolute Gasteiger partial charge is 0.112 e. The van der Waals surface area contributed by atoms with E-state index < -0.39 is 0 Å². The Kier molecular flexibility index (Phi) is 3.73. The quantitative estimate of drug-likeness (QED) is 0.714. The minimum atomic E-state index is -0.0183. The molecule has 3 nitrogen and oxygen atoms in total. The van der Waals surface area contributed by atoms with E-state index in [0.29, 0.717) is 0 Å². The average molecular weight is 191 g/mol. The first kappa shape index (κ1) is 10.8. The van der Waals surface area contributed by atoms with Crippen molar-refractivity contribution in [1.29, 1.82) is 0 Å². The standard InChI is InChI=1S/C11H17N3/c1-4-5-10(12)6-7-11-8-13-9(2)14(11)3/h8,10H,4-5,12H2,1-3H3. The maximum Gasteiger partial charge on any atom is 0.112 e. The number of imidazole rings is 1. The second kappa shape index (κ2) is 4.83. The maximum atomic E-state index is 5.79. The van der Waals surface area contributed by atoms with Gasteiger partial charge >= 0.3 is 0 Å². The van der Waals surface area contributed by atoms with Crippen molar-refractivity contribution in [2.24, 2.45) is 12.8 Å².